The van der Waals surface area contributed by atoms with E-state index in [0.717, 1.165) is 24.7 Å². The predicted octanol–water partition coefficient (Wildman–Crippen LogP) is 3.94. The molecule has 0 saturated carbocycles. The van der Waals surface area contributed by atoms with Gasteiger partial charge in [-0.15, -0.1) is 0 Å². The molecule has 3 N–H and O–H groups in total. The van der Waals surface area contributed by atoms with Crippen molar-refractivity contribution in [2.45, 2.75) is 91.3 Å². The average Bonchev–Trinajstić information content (AvgIpc) is 2.95. The van der Waals surface area contributed by atoms with Crippen molar-refractivity contribution in [3.05, 3.63) is 23.2 Å². The van der Waals surface area contributed by atoms with E-state index in [4.69, 9.17) is 14.6 Å². The zero-order valence-corrected chi connectivity index (χ0v) is 18.7. The number of cyclic esters (lactones) is 1. The molecule has 0 aromatic rings. The van der Waals surface area contributed by atoms with E-state index in [1.165, 1.54) is 31.3 Å². The third-order valence-electron chi connectivity index (χ3n) is 5.26. The Kier molecular flexibility index (Phi) is 11.7. The molecule has 0 radical (unpaired) electrons. The monoisotopic (exact) mass is 426 g/mol. The van der Waals surface area contributed by atoms with Crippen LogP contribution in [0.25, 0.3) is 0 Å². The van der Waals surface area contributed by atoms with Gasteiger partial charge in [-0.1, -0.05) is 58.1 Å². The maximum Gasteiger partial charge on any atom is 0.378 e. The van der Waals surface area contributed by atoms with E-state index in [0.29, 0.717) is 6.42 Å². The SMILES string of the molecule is CC(=CCCC(=O)OC1=C(O)[C@@H]([C@@H](O)CO)OC1=O)CCCC(C)CCCC(C)C. The van der Waals surface area contributed by atoms with Crippen LogP contribution in [0.1, 0.15) is 79.1 Å². The summed E-state index contributed by atoms with van der Waals surface area (Å²) < 4.78 is 9.62. The number of aliphatic hydroxyl groups excluding tert-OH is 3. The van der Waals surface area contributed by atoms with Crippen molar-refractivity contribution in [2.75, 3.05) is 6.61 Å². The minimum Gasteiger partial charge on any atom is -0.505 e. The van der Waals surface area contributed by atoms with E-state index in [-0.39, 0.29) is 6.42 Å². The number of aliphatic hydroxyl groups is 3. The number of rotatable bonds is 14. The summed E-state index contributed by atoms with van der Waals surface area (Å²) in [7, 11) is 0. The van der Waals surface area contributed by atoms with Gasteiger partial charge >= 0.3 is 11.9 Å². The molecule has 172 valence electrons. The van der Waals surface area contributed by atoms with Crippen LogP contribution in [-0.4, -0.2) is 46.1 Å². The number of esters is 2. The molecule has 1 rings (SSSR count). The van der Waals surface area contributed by atoms with E-state index in [9.17, 15) is 19.8 Å². The van der Waals surface area contributed by atoms with Gasteiger partial charge in [-0.05, 0) is 38.0 Å². The number of allylic oxidation sites excluding steroid dienone is 2. The summed E-state index contributed by atoms with van der Waals surface area (Å²) in [6.07, 6.45) is 6.78. The molecule has 7 heteroatoms. The van der Waals surface area contributed by atoms with Gasteiger partial charge in [-0.3, -0.25) is 4.79 Å². The van der Waals surface area contributed by atoms with Crippen molar-refractivity contribution < 1.29 is 34.4 Å². The Bertz CT molecular complexity index is 621. The lowest BCUT2D eigenvalue weighted by molar-refractivity contribution is -0.153. The van der Waals surface area contributed by atoms with E-state index in [2.05, 4.69) is 20.8 Å². The van der Waals surface area contributed by atoms with E-state index in [1.54, 1.807) is 0 Å². The zero-order valence-electron chi connectivity index (χ0n) is 18.7. The summed E-state index contributed by atoms with van der Waals surface area (Å²) in [4.78, 5) is 23.6. The molecular formula is C23H38O7. The molecule has 1 unspecified atom stereocenters. The first-order valence-corrected chi connectivity index (χ1v) is 10.9. The number of carbonyl (C=O) groups excluding carboxylic acids is 2. The highest BCUT2D eigenvalue weighted by atomic mass is 16.6. The molecule has 0 spiro atoms. The molecule has 3 atom stereocenters. The van der Waals surface area contributed by atoms with Crippen molar-refractivity contribution in [3.63, 3.8) is 0 Å². The fourth-order valence-electron chi connectivity index (χ4n) is 3.36. The summed E-state index contributed by atoms with van der Waals surface area (Å²) >= 11 is 0. The Morgan fingerprint density at radius 2 is 1.83 bits per heavy atom. The Hall–Kier alpha value is -1.86. The average molecular weight is 427 g/mol. The fraction of sp³-hybridized carbons (Fsp3) is 0.739. The number of hydrogen-bond donors (Lipinski definition) is 3. The van der Waals surface area contributed by atoms with Crippen LogP contribution >= 0.6 is 0 Å². The second-order valence-corrected chi connectivity index (χ2v) is 8.68. The first-order chi connectivity index (χ1) is 14.1. The van der Waals surface area contributed by atoms with Crippen molar-refractivity contribution in [3.8, 4) is 0 Å². The van der Waals surface area contributed by atoms with E-state index >= 15 is 0 Å². The van der Waals surface area contributed by atoms with Gasteiger partial charge in [0.15, 0.2) is 11.9 Å². The van der Waals surface area contributed by atoms with Crippen LogP contribution in [0.2, 0.25) is 0 Å². The summed E-state index contributed by atoms with van der Waals surface area (Å²) in [5.41, 5.74) is 1.21. The lowest BCUT2D eigenvalue weighted by Gasteiger charge is -2.13. The summed E-state index contributed by atoms with van der Waals surface area (Å²) in [5.74, 6) is -1.51. The smallest absolute Gasteiger partial charge is 0.378 e. The van der Waals surface area contributed by atoms with Crippen molar-refractivity contribution >= 4 is 11.9 Å². The zero-order chi connectivity index (χ0) is 22.7. The van der Waals surface area contributed by atoms with Gasteiger partial charge in [0.1, 0.15) is 6.10 Å². The summed E-state index contributed by atoms with van der Waals surface area (Å²) in [6.45, 7) is 8.15. The number of carbonyl (C=O) groups is 2. The highest BCUT2D eigenvalue weighted by Gasteiger charge is 2.41. The molecule has 1 heterocycles. The second-order valence-electron chi connectivity index (χ2n) is 8.68. The van der Waals surface area contributed by atoms with Crippen molar-refractivity contribution in [2.24, 2.45) is 11.8 Å². The van der Waals surface area contributed by atoms with Gasteiger partial charge in [0, 0.05) is 6.42 Å². The first kappa shape index (κ1) is 26.2. The van der Waals surface area contributed by atoms with Crippen molar-refractivity contribution in [1.29, 1.82) is 0 Å². The quantitative estimate of drug-likeness (QED) is 0.285. The maximum absolute atomic E-state index is 12.0. The van der Waals surface area contributed by atoms with Crippen LogP contribution in [0.5, 0.6) is 0 Å². The van der Waals surface area contributed by atoms with Gasteiger partial charge in [0.05, 0.1) is 6.61 Å². The number of hydrogen-bond acceptors (Lipinski definition) is 7. The fourth-order valence-corrected chi connectivity index (χ4v) is 3.36. The molecule has 0 aromatic heterocycles. The molecule has 7 nitrogen and oxygen atoms in total. The molecule has 0 aliphatic carbocycles. The topological polar surface area (TPSA) is 113 Å². The van der Waals surface area contributed by atoms with Crippen LogP contribution < -0.4 is 0 Å². The molecule has 0 saturated heterocycles. The molecule has 1 aliphatic heterocycles. The largest absolute Gasteiger partial charge is 0.505 e. The van der Waals surface area contributed by atoms with Gasteiger partial charge in [-0.25, -0.2) is 4.79 Å². The van der Waals surface area contributed by atoms with Gasteiger partial charge < -0.3 is 24.8 Å². The van der Waals surface area contributed by atoms with E-state index < -0.39 is 42.3 Å². The normalized spacial score (nSPS) is 19.2. The van der Waals surface area contributed by atoms with Crippen LogP contribution in [0.4, 0.5) is 0 Å². The third-order valence-corrected chi connectivity index (χ3v) is 5.26. The van der Waals surface area contributed by atoms with Crippen LogP contribution in [-0.2, 0) is 19.1 Å². The van der Waals surface area contributed by atoms with Gasteiger partial charge in [0.2, 0.25) is 0 Å². The minimum absolute atomic E-state index is 0.0558. The number of ether oxygens (including phenoxy) is 2. The lowest BCUT2D eigenvalue weighted by atomic mass is 9.94. The van der Waals surface area contributed by atoms with E-state index in [1.807, 2.05) is 13.0 Å². The minimum atomic E-state index is -1.48. The Labute approximate surface area is 179 Å². The molecule has 1 aliphatic rings. The molecule has 0 bridgehead atoms. The first-order valence-electron chi connectivity index (χ1n) is 10.9. The van der Waals surface area contributed by atoms with Crippen LogP contribution in [0, 0.1) is 11.8 Å². The predicted molar refractivity (Wildman–Crippen MR) is 113 cm³/mol. The second kappa shape index (κ2) is 13.4. The standard InChI is InChI=1S/C23H38O7/c1-15(2)8-5-9-16(3)10-6-11-17(4)12-7-13-19(26)29-22-20(27)21(18(25)14-24)30-23(22)28/h12,15-16,18,21,24-25,27H,5-11,13-14H2,1-4H3/t16?,18-,21+/m0/s1. The van der Waals surface area contributed by atoms with Crippen LogP contribution in [0.3, 0.4) is 0 Å². The Morgan fingerprint density at radius 3 is 2.47 bits per heavy atom. The van der Waals surface area contributed by atoms with Gasteiger partial charge in [0.25, 0.3) is 5.76 Å². The maximum atomic E-state index is 12.0. The third kappa shape index (κ3) is 9.30. The molecule has 0 fully saturated rings. The Morgan fingerprint density at radius 1 is 1.17 bits per heavy atom. The Balaban J connectivity index is 2.32. The molecule has 0 aromatic carbocycles. The van der Waals surface area contributed by atoms with Gasteiger partial charge in [-0.2, -0.15) is 0 Å². The summed E-state index contributed by atoms with van der Waals surface area (Å²) in [5, 5.41) is 28.3. The highest BCUT2D eigenvalue weighted by Crippen LogP contribution is 2.25. The lowest BCUT2D eigenvalue weighted by Crippen LogP contribution is -2.31. The molecular weight excluding hydrogens is 388 g/mol. The molecule has 30 heavy (non-hydrogen) atoms. The molecule has 0 amide bonds. The summed E-state index contributed by atoms with van der Waals surface area (Å²) in [6, 6.07) is 0. The van der Waals surface area contributed by atoms with Crippen molar-refractivity contribution in [1.82, 2.24) is 0 Å². The highest BCUT2D eigenvalue weighted by molar-refractivity contribution is 5.92. The van der Waals surface area contributed by atoms with Crippen LogP contribution in [0.15, 0.2) is 23.2 Å².